The molecule has 63 heavy (non-hydrogen) atoms. The molecule has 0 N–H and O–H groups in total. The largest absolute Gasteiger partial charge is 0.715 e. The normalized spacial score (nSPS) is 15.7. The average Bonchev–Trinajstić information content (AvgIpc) is 3.60. The van der Waals surface area contributed by atoms with E-state index in [1.807, 2.05) is 0 Å². The fourth-order valence-electron chi connectivity index (χ4n) is 10.2. The minimum Gasteiger partial charge on any atom is -0.340 e. The van der Waals surface area contributed by atoms with Gasteiger partial charge < -0.3 is 9.47 Å². The summed E-state index contributed by atoms with van der Waals surface area (Å²) in [4.78, 5) is 0. The van der Waals surface area contributed by atoms with Crippen molar-refractivity contribution in [1.29, 1.82) is 0 Å². The van der Waals surface area contributed by atoms with Gasteiger partial charge in [0.05, 0.1) is 17.3 Å². The molecule has 11 rings (SSSR count). The van der Waals surface area contributed by atoms with Crippen LogP contribution in [0.5, 0.6) is 11.5 Å². The molecule has 1 spiro atoms. The van der Waals surface area contributed by atoms with Gasteiger partial charge in [0.15, 0.2) is 23.9 Å². The molecule has 1 unspecified atom stereocenters. The molecule has 1 atom stereocenters. The summed E-state index contributed by atoms with van der Waals surface area (Å²) in [6.07, 6.45) is 8.52. The van der Waals surface area contributed by atoms with Gasteiger partial charge in [0.25, 0.3) is 11.4 Å². The summed E-state index contributed by atoms with van der Waals surface area (Å²) in [6, 6.07) is 67.7. The molecular formula is C58H50N2O2P+3. The van der Waals surface area contributed by atoms with E-state index >= 15 is 0 Å². The monoisotopic (exact) mass is 837 g/mol. The third-order valence-electron chi connectivity index (χ3n) is 13.1. The van der Waals surface area contributed by atoms with E-state index < -0.39 is 13.3 Å². The Labute approximate surface area is 371 Å². The van der Waals surface area contributed by atoms with Gasteiger partial charge in [-0.25, -0.2) is 0 Å². The summed E-state index contributed by atoms with van der Waals surface area (Å²) < 4.78 is 18.8. The van der Waals surface area contributed by atoms with Crippen LogP contribution in [0.2, 0.25) is 0 Å². The lowest BCUT2D eigenvalue weighted by atomic mass is 9.93. The molecule has 3 heterocycles. The van der Waals surface area contributed by atoms with E-state index in [0.29, 0.717) is 0 Å². The van der Waals surface area contributed by atoms with Crippen molar-refractivity contribution >= 4 is 47.0 Å². The fraction of sp³-hybridized carbons (Fsp3) is 0.138. The smallest absolute Gasteiger partial charge is 0.340 e. The predicted octanol–water partition coefficient (Wildman–Crippen LogP) is 12.1. The molecule has 0 aromatic heterocycles. The first-order valence-electron chi connectivity index (χ1n) is 22.2. The summed E-state index contributed by atoms with van der Waals surface area (Å²) in [7, 11) is -2.02. The maximum atomic E-state index is 7.27. The third kappa shape index (κ3) is 6.47. The van der Waals surface area contributed by atoms with Crippen LogP contribution in [-0.2, 0) is 12.8 Å². The van der Waals surface area contributed by atoms with E-state index in [2.05, 4.69) is 230 Å². The van der Waals surface area contributed by atoms with Gasteiger partial charge in [0.2, 0.25) is 0 Å². The molecule has 0 aliphatic carbocycles. The summed E-state index contributed by atoms with van der Waals surface area (Å²) >= 11 is 0. The number of hydrogen-bond acceptors (Lipinski definition) is 2. The molecule has 0 radical (unpaired) electrons. The van der Waals surface area contributed by atoms with Crippen molar-refractivity contribution in [1.82, 2.24) is 0 Å². The van der Waals surface area contributed by atoms with Crippen molar-refractivity contribution in [2.45, 2.75) is 46.1 Å². The molecule has 8 aromatic carbocycles. The van der Waals surface area contributed by atoms with Crippen molar-refractivity contribution in [3.63, 3.8) is 0 Å². The van der Waals surface area contributed by atoms with E-state index in [9.17, 15) is 0 Å². The molecule has 3 aliphatic rings. The predicted molar refractivity (Wildman–Crippen MR) is 262 cm³/mol. The standard InChI is InChI=1S/C58H50N2O2P/c1-4-20-43-21-14-16-29-52(43)45-35-41(2)56-47(37-45)39-59-54-31-18-19-32-55(54)60-40-48-38-46(36-42(3)57(48)62-58(59,60)61-56)53-30-17-15-22-44(53)33-34-63(49-23-8-5-9-24-49,50-25-10-6-11-26-50)51-27-12-7-13-28-51/h5-19,21-32,35-40H,4,20,33-34H2,1-3H3/q+3. The molecule has 4 nitrogen and oxygen atoms in total. The van der Waals surface area contributed by atoms with E-state index in [-0.39, 0.29) is 0 Å². The van der Waals surface area contributed by atoms with E-state index in [4.69, 9.17) is 9.47 Å². The Bertz CT molecular complexity index is 3010. The number of rotatable bonds is 10. The lowest BCUT2D eigenvalue weighted by Gasteiger charge is -2.29. The minimum atomic E-state index is -2.02. The number of benzene rings is 8. The van der Waals surface area contributed by atoms with Crippen LogP contribution in [0, 0.1) is 13.8 Å². The van der Waals surface area contributed by atoms with Crippen LogP contribution in [0.3, 0.4) is 0 Å². The molecule has 0 saturated heterocycles. The number of para-hydroxylation sites is 2. The first-order chi connectivity index (χ1) is 31.0. The highest BCUT2D eigenvalue weighted by Crippen LogP contribution is 2.56. The number of hydrogen-bond donors (Lipinski definition) is 0. The molecule has 3 aliphatic heterocycles. The van der Waals surface area contributed by atoms with Crippen LogP contribution < -0.4 is 25.4 Å². The van der Waals surface area contributed by atoms with E-state index in [1.165, 1.54) is 49.3 Å². The summed E-state index contributed by atoms with van der Waals surface area (Å²) in [5, 5.41) is 4.22. The van der Waals surface area contributed by atoms with Gasteiger partial charge >= 0.3 is 6.03 Å². The van der Waals surface area contributed by atoms with Gasteiger partial charge in [-0.2, -0.15) is 0 Å². The third-order valence-corrected chi connectivity index (χ3v) is 17.5. The Morgan fingerprint density at radius 1 is 0.460 bits per heavy atom. The van der Waals surface area contributed by atoms with Crippen molar-refractivity contribution in [3.05, 3.63) is 221 Å². The second-order valence-electron chi connectivity index (χ2n) is 17.0. The van der Waals surface area contributed by atoms with Gasteiger partial charge in [0.1, 0.15) is 23.2 Å². The molecular weight excluding hydrogens is 788 g/mol. The summed E-state index contributed by atoms with van der Waals surface area (Å²) in [5.74, 6) is 1.66. The lowest BCUT2D eigenvalue weighted by molar-refractivity contribution is -0.831. The summed E-state index contributed by atoms with van der Waals surface area (Å²) in [6.45, 7) is 6.56. The lowest BCUT2D eigenvalue weighted by Crippen LogP contribution is -2.59. The molecule has 0 fully saturated rings. The van der Waals surface area contributed by atoms with Crippen LogP contribution in [0.1, 0.15) is 46.7 Å². The van der Waals surface area contributed by atoms with Crippen molar-refractivity contribution in [3.8, 4) is 33.8 Å². The average molecular weight is 838 g/mol. The quantitative estimate of drug-likeness (QED) is 0.101. The summed E-state index contributed by atoms with van der Waals surface area (Å²) in [5.41, 5.74) is 13.9. The molecule has 0 amide bonds. The first-order valence-corrected chi connectivity index (χ1v) is 24.2. The zero-order valence-corrected chi connectivity index (χ0v) is 36.9. The van der Waals surface area contributed by atoms with Gasteiger partial charge in [0, 0.05) is 18.6 Å². The Hall–Kier alpha value is -6.87. The second kappa shape index (κ2) is 15.8. The highest BCUT2D eigenvalue weighted by molar-refractivity contribution is 7.95. The zero-order valence-electron chi connectivity index (χ0n) is 36.0. The molecule has 306 valence electrons. The van der Waals surface area contributed by atoms with Gasteiger partial charge in [-0.05, 0) is 135 Å². The number of fused-ring (bicyclic) bond motifs is 5. The Kier molecular flexibility index (Phi) is 9.78. The van der Waals surface area contributed by atoms with Crippen molar-refractivity contribution in [2.24, 2.45) is 0 Å². The highest BCUT2D eigenvalue weighted by atomic mass is 31.2. The molecule has 8 aromatic rings. The Balaban J connectivity index is 0.990. The Morgan fingerprint density at radius 2 is 0.857 bits per heavy atom. The van der Waals surface area contributed by atoms with Gasteiger partial charge in [-0.1, -0.05) is 129 Å². The topological polar surface area (TPSA) is 24.5 Å². The van der Waals surface area contributed by atoms with Gasteiger partial charge in [-0.3, -0.25) is 0 Å². The number of ether oxygens (including phenoxy) is 2. The first kappa shape index (κ1) is 39.0. The Morgan fingerprint density at radius 3 is 1.30 bits per heavy atom. The van der Waals surface area contributed by atoms with E-state index in [1.54, 1.807) is 0 Å². The highest BCUT2D eigenvalue weighted by Gasteiger charge is 2.72. The van der Waals surface area contributed by atoms with Crippen LogP contribution in [0.4, 0.5) is 11.4 Å². The van der Waals surface area contributed by atoms with Crippen LogP contribution in [0.15, 0.2) is 188 Å². The number of aryl methyl sites for hydroxylation is 4. The second-order valence-corrected chi connectivity index (χ2v) is 20.6. The zero-order chi connectivity index (χ0) is 42.5. The molecule has 0 bridgehead atoms. The minimum absolute atomic E-state index is 0.826. The fourth-order valence-corrected chi connectivity index (χ4v) is 14.5. The van der Waals surface area contributed by atoms with Crippen LogP contribution in [0.25, 0.3) is 22.3 Å². The van der Waals surface area contributed by atoms with Crippen molar-refractivity contribution in [2.75, 3.05) is 6.16 Å². The maximum Gasteiger partial charge on any atom is 0.715 e. The van der Waals surface area contributed by atoms with Crippen molar-refractivity contribution < 1.29 is 18.6 Å². The van der Waals surface area contributed by atoms with Crippen LogP contribution >= 0.6 is 7.26 Å². The van der Waals surface area contributed by atoms with Crippen LogP contribution in [-0.4, -0.2) is 33.8 Å². The van der Waals surface area contributed by atoms with E-state index in [0.717, 1.165) is 70.6 Å². The molecule has 0 saturated carbocycles. The molecule has 5 heteroatoms. The maximum absolute atomic E-state index is 7.27. The SMILES string of the molecule is CCCc1ccccc1-c1cc(C)c2c(c1)C=[N+]1c3ccccc3[N+]3=Cc4cc(-c5ccccc5CC[P+](c5ccccc5)(c5ccccc5)c5ccccc5)cc(C)c4OC13O2. The van der Waals surface area contributed by atoms with Gasteiger partial charge in [-0.15, -0.1) is 0 Å². The number of nitrogens with zero attached hydrogens (tertiary/aromatic N) is 2.